The first-order valence-corrected chi connectivity index (χ1v) is 8.66. The summed E-state index contributed by atoms with van der Waals surface area (Å²) in [5, 5.41) is 5.80. The summed E-state index contributed by atoms with van der Waals surface area (Å²) in [4.78, 5) is 1.92. The second-order valence-corrected chi connectivity index (χ2v) is 7.21. The molecule has 0 amide bonds. The lowest BCUT2D eigenvalue weighted by Gasteiger charge is -2.26. The zero-order valence-electron chi connectivity index (χ0n) is 10.9. The summed E-state index contributed by atoms with van der Waals surface area (Å²) < 4.78 is 0.941. The van der Waals surface area contributed by atoms with Gasteiger partial charge in [-0.25, -0.2) is 0 Å². The number of hydrogen-bond acceptors (Lipinski definition) is 3. The van der Waals surface area contributed by atoms with Crippen molar-refractivity contribution in [1.82, 2.24) is 0 Å². The van der Waals surface area contributed by atoms with Crippen LogP contribution in [-0.2, 0) is 6.42 Å². The van der Waals surface area contributed by atoms with Gasteiger partial charge in [-0.1, -0.05) is 18.3 Å². The van der Waals surface area contributed by atoms with Gasteiger partial charge in [0, 0.05) is 20.6 Å². The smallest absolute Gasteiger partial charge is 0.107 e. The van der Waals surface area contributed by atoms with Gasteiger partial charge in [0.2, 0.25) is 0 Å². The highest BCUT2D eigenvalue weighted by Gasteiger charge is 2.22. The molecule has 0 saturated carbocycles. The van der Waals surface area contributed by atoms with E-state index in [0.717, 1.165) is 22.1 Å². The van der Waals surface area contributed by atoms with Gasteiger partial charge in [0.05, 0.1) is 6.04 Å². The third-order valence-corrected chi connectivity index (χ3v) is 5.50. The van der Waals surface area contributed by atoms with Crippen LogP contribution in [0.1, 0.15) is 34.9 Å². The molecule has 20 heavy (non-hydrogen) atoms. The number of nitrogens with two attached hydrogens (primary N) is 1. The van der Waals surface area contributed by atoms with Gasteiger partial charge in [-0.15, -0.1) is 11.3 Å². The summed E-state index contributed by atoms with van der Waals surface area (Å²) >= 11 is 10.6. The first-order valence-electron chi connectivity index (χ1n) is 6.58. The van der Waals surface area contributed by atoms with Crippen molar-refractivity contribution in [3.8, 4) is 0 Å². The van der Waals surface area contributed by atoms with Crippen molar-refractivity contribution in [3.05, 3.63) is 50.1 Å². The Morgan fingerprint density at radius 2 is 2.25 bits per heavy atom. The van der Waals surface area contributed by atoms with E-state index in [1.165, 1.54) is 23.3 Å². The molecule has 3 rings (SSSR count). The Balaban J connectivity index is 1.94. The van der Waals surface area contributed by atoms with E-state index < -0.39 is 0 Å². The summed E-state index contributed by atoms with van der Waals surface area (Å²) in [5.74, 6) is 0. The van der Waals surface area contributed by atoms with Crippen LogP contribution in [0.15, 0.2) is 34.1 Å². The fourth-order valence-electron chi connectivity index (χ4n) is 2.72. The highest BCUT2D eigenvalue weighted by molar-refractivity contribution is 9.10. The van der Waals surface area contributed by atoms with Crippen molar-refractivity contribution in [2.45, 2.75) is 25.3 Å². The Morgan fingerprint density at radius 1 is 1.40 bits per heavy atom. The van der Waals surface area contributed by atoms with Gasteiger partial charge in [-0.3, -0.25) is 0 Å². The maximum absolute atomic E-state index is 5.86. The molecule has 0 fully saturated rings. The number of thiocarbonyl (C=S) groups is 1. The SMILES string of the molecule is NC(=S)c1c(Br)cccc1NC1CCCc2sccc21. The first kappa shape index (κ1) is 14.0. The zero-order valence-corrected chi connectivity index (χ0v) is 14.1. The van der Waals surface area contributed by atoms with Crippen molar-refractivity contribution in [1.29, 1.82) is 0 Å². The second-order valence-electron chi connectivity index (χ2n) is 4.91. The van der Waals surface area contributed by atoms with Crippen LogP contribution in [0, 0.1) is 0 Å². The second kappa shape index (κ2) is 5.84. The summed E-state index contributed by atoms with van der Waals surface area (Å²) in [6.45, 7) is 0. The maximum Gasteiger partial charge on any atom is 0.107 e. The molecule has 1 aliphatic carbocycles. The molecule has 1 heterocycles. The third-order valence-electron chi connectivity index (χ3n) is 3.64. The molecule has 0 bridgehead atoms. The van der Waals surface area contributed by atoms with Crippen molar-refractivity contribution < 1.29 is 0 Å². The number of benzene rings is 1. The first-order chi connectivity index (χ1) is 9.66. The predicted octanol–water partition coefficient (Wildman–Crippen LogP) is 4.63. The molecule has 0 aliphatic heterocycles. The highest BCUT2D eigenvalue weighted by Crippen LogP contribution is 2.37. The fraction of sp³-hybridized carbons (Fsp3) is 0.267. The van der Waals surface area contributed by atoms with Crippen LogP contribution in [0.25, 0.3) is 0 Å². The third kappa shape index (κ3) is 2.62. The van der Waals surface area contributed by atoms with Crippen molar-refractivity contribution >= 4 is 50.2 Å². The Morgan fingerprint density at radius 3 is 3.05 bits per heavy atom. The van der Waals surface area contributed by atoms with Crippen LogP contribution in [0.2, 0.25) is 0 Å². The Kier molecular flexibility index (Phi) is 4.10. The largest absolute Gasteiger partial charge is 0.389 e. The van der Waals surface area contributed by atoms with Crippen LogP contribution in [0.4, 0.5) is 5.69 Å². The molecule has 2 nitrogen and oxygen atoms in total. The van der Waals surface area contributed by atoms with E-state index in [4.69, 9.17) is 18.0 Å². The monoisotopic (exact) mass is 366 g/mol. The van der Waals surface area contributed by atoms with E-state index in [1.54, 1.807) is 0 Å². The number of thiophene rings is 1. The van der Waals surface area contributed by atoms with Gasteiger partial charge in [0.1, 0.15) is 4.99 Å². The molecule has 0 saturated heterocycles. The summed E-state index contributed by atoms with van der Waals surface area (Å²) in [6.07, 6.45) is 3.57. The molecular formula is C15H15BrN2S2. The zero-order chi connectivity index (χ0) is 14.1. The van der Waals surface area contributed by atoms with Gasteiger partial charge in [0.15, 0.2) is 0 Å². The van der Waals surface area contributed by atoms with Crippen LogP contribution >= 0.6 is 39.5 Å². The van der Waals surface area contributed by atoms with Gasteiger partial charge in [-0.05, 0) is 64.3 Å². The average Bonchev–Trinajstić information content (AvgIpc) is 2.87. The fourth-order valence-corrected chi connectivity index (χ4v) is 4.64. The number of aryl methyl sites for hydroxylation is 1. The molecule has 2 aromatic rings. The molecule has 1 atom stereocenters. The molecule has 1 aliphatic rings. The van der Waals surface area contributed by atoms with E-state index in [1.807, 2.05) is 29.5 Å². The summed E-state index contributed by atoms with van der Waals surface area (Å²) in [7, 11) is 0. The van der Waals surface area contributed by atoms with Gasteiger partial charge < -0.3 is 11.1 Å². The summed E-state index contributed by atoms with van der Waals surface area (Å²) in [5.41, 5.74) is 9.19. The van der Waals surface area contributed by atoms with Crippen LogP contribution in [0.3, 0.4) is 0 Å². The number of rotatable bonds is 3. The molecule has 3 N–H and O–H groups in total. The molecule has 1 unspecified atom stereocenters. The lowest BCUT2D eigenvalue weighted by atomic mass is 9.93. The lowest BCUT2D eigenvalue weighted by molar-refractivity contribution is 0.609. The molecule has 1 aromatic heterocycles. The number of hydrogen-bond donors (Lipinski definition) is 2. The van der Waals surface area contributed by atoms with Crippen molar-refractivity contribution in [2.24, 2.45) is 5.73 Å². The minimum absolute atomic E-state index is 0.354. The van der Waals surface area contributed by atoms with E-state index in [-0.39, 0.29) is 0 Å². The molecule has 104 valence electrons. The average molecular weight is 367 g/mol. The number of nitrogens with one attached hydrogen (secondary N) is 1. The maximum atomic E-state index is 5.86. The Labute approximate surface area is 136 Å². The van der Waals surface area contributed by atoms with E-state index in [2.05, 4.69) is 32.7 Å². The summed E-state index contributed by atoms with van der Waals surface area (Å²) in [6, 6.07) is 8.60. The minimum atomic E-state index is 0.354. The van der Waals surface area contributed by atoms with Crippen molar-refractivity contribution in [2.75, 3.05) is 5.32 Å². The van der Waals surface area contributed by atoms with Crippen molar-refractivity contribution in [3.63, 3.8) is 0 Å². The van der Waals surface area contributed by atoms with E-state index in [9.17, 15) is 0 Å². The Hall–Kier alpha value is -0.910. The molecule has 1 aromatic carbocycles. The predicted molar refractivity (Wildman–Crippen MR) is 93.7 cm³/mol. The van der Waals surface area contributed by atoms with Crippen LogP contribution < -0.4 is 11.1 Å². The number of anilines is 1. The Bertz CT molecular complexity index is 651. The van der Waals surface area contributed by atoms with Crippen LogP contribution in [0.5, 0.6) is 0 Å². The lowest BCUT2D eigenvalue weighted by Crippen LogP contribution is -2.19. The number of halogens is 1. The standard InChI is InChI=1S/C15H15BrN2S2/c16-10-3-1-5-12(14(10)15(17)19)18-11-4-2-6-13-9(11)7-8-20-13/h1,3,5,7-8,11,18H,2,4,6H2,(H2,17,19). The molecule has 0 radical (unpaired) electrons. The van der Waals surface area contributed by atoms with Gasteiger partial charge in [-0.2, -0.15) is 0 Å². The van der Waals surface area contributed by atoms with E-state index in [0.29, 0.717) is 11.0 Å². The van der Waals surface area contributed by atoms with Gasteiger partial charge in [0.25, 0.3) is 0 Å². The molecule has 5 heteroatoms. The normalized spacial score (nSPS) is 17.6. The quantitative estimate of drug-likeness (QED) is 0.777. The number of fused-ring (bicyclic) bond motifs is 1. The topological polar surface area (TPSA) is 38.0 Å². The minimum Gasteiger partial charge on any atom is -0.389 e. The van der Waals surface area contributed by atoms with Crippen LogP contribution in [-0.4, -0.2) is 4.99 Å². The van der Waals surface area contributed by atoms with Gasteiger partial charge >= 0.3 is 0 Å². The highest BCUT2D eigenvalue weighted by atomic mass is 79.9. The van der Waals surface area contributed by atoms with E-state index >= 15 is 0 Å². The molecule has 0 spiro atoms. The molecular weight excluding hydrogens is 352 g/mol.